The minimum atomic E-state index is -0.867. The van der Waals surface area contributed by atoms with Gasteiger partial charge in [-0.3, -0.25) is 4.79 Å². The Kier molecular flexibility index (Phi) is 7.42. The number of fused-ring (bicyclic) bond motifs is 2. The molecule has 3 aliphatic rings. The van der Waals surface area contributed by atoms with Crippen molar-refractivity contribution in [3.8, 4) is 11.8 Å². The third kappa shape index (κ3) is 5.12. The number of nitrogens with zero attached hydrogens (tertiary/aromatic N) is 3. The van der Waals surface area contributed by atoms with Crippen molar-refractivity contribution in [2.24, 2.45) is 0 Å². The van der Waals surface area contributed by atoms with Crippen LogP contribution in [0.2, 0.25) is 0 Å². The number of aromatic nitrogens is 2. The molecule has 42 heavy (non-hydrogen) atoms. The van der Waals surface area contributed by atoms with E-state index < -0.39 is 11.6 Å². The van der Waals surface area contributed by atoms with Gasteiger partial charge in [0.2, 0.25) is 17.5 Å². The molecule has 1 unspecified atom stereocenters. The first kappa shape index (κ1) is 27.9. The molecule has 3 N–H and O–H groups in total. The number of hydrogen-bond acceptors (Lipinski definition) is 9. The number of morpholine rings is 1. The minimum absolute atomic E-state index is 0.123. The summed E-state index contributed by atoms with van der Waals surface area (Å²) in [5.41, 5.74) is 3.63. The summed E-state index contributed by atoms with van der Waals surface area (Å²) < 4.78 is 46.6. The molecule has 1 saturated carbocycles. The van der Waals surface area contributed by atoms with Crippen molar-refractivity contribution in [3.05, 3.63) is 71.4 Å². The first-order valence-electron chi connectivity index (χ1n) is 13.7. The number of amides is 1. The summed E-state index contributed by atoms with van der Waals surface area (Å²) in [5.74, 6) is -2.13. The molecule has 0 bridgehead atoms. The van der Waals surface area contributed by atoms with Crippen molar-refractivity contribution >= 4 is 28.8 Å². The first-order valence-corrected chi connectivity index (χ1v) is 13.7. The molecule has 1 atom stereocenters. The molecular formula is C30H32F2N6O4. The standard InChI is InChI=1S/C30H32F2N6O4/c1-4-24(39)36-21-11-17(22-14-33-9-10-42-22)5-6-20(21)35-23-12-19-18(13-34-23)15-38(16-30(19)7-8-30)27-25(31)28(40-2)37-29(41-3)26(27)32/h4-6,11-13,22,33H,1,7-10,14-16H2,2-3H3,(H,34,35)(H,36,39). The molecule has 2 aliphatic heterocycles. The third-order valence-electron chi connectivity index (χ3n) is 8.01. The number of pyridine rings is 2. The molecule has 1 saturated heterocycles. The predicted octanol–water partition coefficient (Wildman–Crippen LogP) is 4.35. The van der Waals surface area contributed by atoms with Gasteiger partial charge >= 0.3 is 0 Å². The van der Waals surface area contributed by atoms with E-state index in [9.17, 15) is 4.79 Å². The van der Waals surface area contributed by atoms with Gasteiger partial charge in [0, 0.05) is 37.8 Å². The van der Waals surface area contributed by atoms with E-state index in [0.29, 0.717) is 36.9 Å². The lowest BCUT2D eigenvalue weighted by Crippen LogP contribution is -2.39. The van der Waals surface area contributed by atoms with Crippen LogP contribution in [-0.2, 0) is 21.5 Å². The molecule has 220 valence electrons. The van der Waals surface area contributed by atoms with Gasteiger partial charge in [0.25, 0.3) is 11.8 Å². The van der Waals surface area contributed by atoms with E-state index in [0.717, 1.165) is 36.1 Å². The second-order valence-electron chi connectivity index (χ2n) is 10.7. The SMILES string of the molecule is C=CC(=O)Nc1cc(C2CNCCO2)ccc1Nc1cc2c(cn1)CN(c1c(F)c(OC)nc(OC)c1F)CC21CC1. The van der Waals surface area contributed by atoms with Gasteiger partial charge in [0.1, 0.15) is 11.5 Å². The van der Waals surface area contributed by atoms with Crippen LogP contribution in [0, 0.1) is 11.6 Å². The van der Waals surface area contributed by atoms with Gasteiger partial charge in [0.15, 0.2) is 0 Å². The maximum Gasteiger partial charge on any atom is 0.255 e. The van der Waals surface area contributed by atoms with E-state index in [1.54, 1.807) is 11.1 Å². The zero-order chi connectivity index (χ0) is 29.4. The molecule has 1 aliphatic carbocycles. The number of nitrogens with one attached hydrogen (secondary N) is 3. The van der Waals surface area contributed by atoms with Crippen molar-refractivity contribution in [1.82, 2.24) is 15.3 Å². The van der Waals surface area contributed by atoms with E-state index >= 15 is 8.78 Å². The van der Waals surface area contributed by atoms with Crippen LogP contribution in [0.4, 0.5) is 31.7 Å². The van der Waals surface area contributed by atoms with Crippen molar-refractivity contribution in [3.63, 3.8) is 0 Å². The fourth-order valence-electron chi connectivity index (χ4n) is 5.73. The number of rotatable bonds is 8. The van der Waals surface area contributed by atoms with E-state index in [2.05, 4.69) is 32.5 Å². The quantitative estimate of drug-likeness (QED) is 0.336. The smallest absolute Gasteiger partial charge is 0.255 e. The van der Waals surface area contributed by atoms with Gasteiger partial charge in [-0.05, 0) is 53.8 Å². The molecule has 4 heterocycles. The van der Waals surface area contributed by atoms with Crippen molar-refractivity contribution in [2.45, 2.75) is 30.9 Å². The molecule has 2 fully saturated rings. The molecule has 0 radical (unpaired) electrons. The van der Waals surface area contributed by atoms with Crippen LogP contribution in [0.15, 0.2) is 43.1 Å². The topological polar surface area (TPSA) is 110 Å². The molecule has 1 aromatic carbocycles. The summed E-state index contributed by atoms with van der Waals surface area (Å²) in [6.07, 6.45) is 4.56. The number of carbonyl (C=O) groups is 1. The average Bonchev–Trinajstić information content (AvgIpc) is 3.78. The van der Waals surface area contributed by atoms with Crippen LogP contribution >= 0.6 is 0 Å². The van der Waals surface area contributed by atoms with Gasteiger partial charge < -0.3 is 35.1 Å². The monoisotopic (exact) mass is 578 g/mol. The second-order valence-corrected chi connectivity index (χ2v) is 10.7. The Balaban J connectivity index is 1.30. The first-order chi connectivity index (χ1) is 20.4. The molecular weight excluding hydrogens is 546 g/mol. The van der Waals surface area contributed by atoms with Crippen molar-refractivity contribution < 1.29 is 27.8 Å². The Labute approximate surface area is 242 Å². The van der Waals surface area contributed by atoms with Crippen LogP contribution in [0.3, 0.4) is 0 Å². The Bertz CT molecular complexity index is 1510. The summed E-state index contributed by atoms with van der Waals surface area (Å²) >= 11 is 0. The highest BCUT2D eigenvalue weighted by molar-refractivity contribution is 6.01. The van der Waals surface area contributed by atoms with E-state index in [1.165, 1.54) is 20.3 Å². The number of hydrogen-bond donors (Lipinski definition) is 3. The fourth-order valence-corrected chi connectivity index (χ4v) is 5.73. The lowest BCUT2D eigenvalue weighted by molar-refractivity contribution is -0.111. The summed E-state index contributed by atoms with van der Waals surface area (Å²) in [7, 11) is 2.56. The summed E-state index contributed by atoms with van der Waals surface area (Å²) in [6.45, 7) is 6.32. The lowest BCUT2D eigenvalue weighted by Gasteiger charge is -2.37. The summed E-state index contributed by atoms with van der Waals surface area (Å²) in [5, 5.41) is 9.54. The molecule has 1 spiro atoms. The largest absolute Gasteiger partial charge is 0.479 e. The lowest BCUT2D eigenvalue weighted by atomic mass is 9.87. The van der Waals surface area contributed by atoms with E-state index in [1.807, 2.05) is 24.3 Å². The Morgan fingerprint density at radius 1 is 1.19 bits per heavy atom. The summed E-state index contributed by atoms with van der Waals surface area (Å²) in [4.78, 5) is 22.3. The number of halogens is 2. The fraction of sp³-hybridized carbons (Fsp3) is 0.367. The van der Waals surface area contributed by atoms with Crippen LogP contribution in [0.25, 0.3) is 0 Å². The van der Waals surface area contributed by atoms with Crippen LogP contribution in [0.5, 0.6) is 11.8 Å². The number of anilines is 4. The van der Waals surface area contributed by atoms with Crippen molar-refractivity contribution in [1.29, 1.82) is 0 Å². The van der Waals surface area contributed by atoms with Gasteiger partial charge in [-0.25, -0.2) is 4.98 Å². The highest BCUT2D eigenvalue weighted by atomic mass is 19.1. The average molecular weight is 579 g/mol. The van der Waals surface area contributed by atoms with Gasteiger partial charge in [-0.15, -0.1) is 0 Å². The molecule has 12 heteroatoms. The number of ether oxygens (including phenoxy) is 3. The number of methoxy groups -OCH3 is 2. The van der Waals surface area contributed by atoms with Crippen molar-refractivity contribution in [2.75, 3.05) is 56.0 Å². The molecule has 10 nitrogen and oxygen atoms in total. The van der Waals surface area contributed by atoms with Gasteiger partial charge in [-0.2, -0.15) is 13.8 Å². The zero-order valence-corrected chi connectivity index (χ0v) is 23.4. The molecule has 6 rings (SSSR count). The maximum atomic E-state index is 15.3. The van der Waals surface area contributed by atoms with Crippen LogP contribution < -0.4 is 30.3 Å². The van der Waals surface area contributed by atoms with E-state index in [4.69, 9.17) is 14.2 Å². The third-order valence-corrected chi connectivity index (χ3v) is 8.01. The normalized spacial score (nSPS) is 18.7. The number of carbonyl (C=O) groups excluding carboxylic acids is 1. The molecule has 1 amide bonds. The second kappa shape index (κ2) is 11.2. The highest BCUT2D eigenvalue weighted by Gasteiger charge is 2.50. The maximum absolute atomic E-state index is 15.3. The zero-order valence-electron chi connectivity index (χ0n) is 23.4. The Morgan fingerprint density at radius 3 is 2.60 bits per heavy atom. The van der Waals surface area contributed by atoms with Crippen LogP contribution in [0.1, 0.15) is 35.6 Å². The Hall–Kier alpha value is -4.29. The van der Waals surface area contributed by atoms with Gasteiger partial charge in [0.05, 0.1) is 38.3 Å². The minimum Gasteiger partial charge on any atom is -0.479 e. The van der Waals surface area contributed by atoms with E-state index in [-0.39, 0.29) is 41.4 Å². The number of benzene rings is 1. The highest BCUT2D eigenvalue weighted by Crippen LogP contribution is 2.54. The Morgan fingerprint density at radius 2 is 1.95 bits per heavy atom. The van der Waals surface area contributed by atoms with Crippen LogP contribution in [-0.4, -0.2) is 56.3 Å². The summed E-state index contributed by atoms with van der Waals surface area (Å²) in [6, 6.07) is 7.72. The molecule has 2 aromatic heterocycles. The van der Waals surface area contributed by atoms with Gasteiger partial charge in [-0.1, -0.05) is 12.6 Å². The molecule has 3 aromatic rings. The predicted molar refractivity (Wildman–Crippen MR) is 154 cm³/mol.